The zero-order valence-corrected chi connectivity index (χ0v) is 13.3. The standard InChI is InChI=1S/C19H20N2O2/c1-3-18(16-20-4-2)22-14-9-7-5-6-8-10-15-23-19-12-11-13-21-17-19/h3-4,11-13,16-17H,1,5-6,14-15H2,2H3/b18-16+,20-4?. The first-order valence-electron chi connectivity index (χ1n) is 7.24. The molecule has 4 heteroatoms. The maximum Gasteiger partial charge on any atom is 0.149 e. The Morgan fingerprint density at radius 2 is 2.04 bits per heavy atom. The summed E-state index contributed by atoms with van der Waals surface area (Å²) >= 11 is 0. The van der Waals surface area contributed by atoms with Crippen molar-refractivity contribution < 1.29 is 9.47 Å². The molecule has 0 fully saturated rings. The molecule has 1 aromatic heterocycles. The molecule has 1 rings (SSSR count). The van der Waals surface area contributed by atoms with Crippen LogP contribution in [0.25, 0.3) is 0 Å². The van der Waals surface area contributed by atoms with Crippen LogP contribution >= 0.6 is 0 Å². The summed E-state index contributed by atoms with van der Waals surface area (Å²) in [6.45, 7) is 6.15. The molecule has 0 unspecified atom stereocenters. The molecule has 0 amide bonds. The summed E-state index contributed by atoms with van der Waals surface area (Å²) in [7, 11) is 0. The smallest absolute Gasteiger partial charge is 0.149 e. The Kier molecular flexibility index (Phi) is 10.0. The number of unbranched alkanes of at least 4 members (excludes halogenated alkanes) is 1. The average molecular weight is 308 g/mol. The Balaban J connectivity index is 2.14. The van der Waals surface area contributed by atoms with Gasteiger partial charge in [-0.25, -0.2) is 0 Å². The summed E-state index contributed by atoms with van der Waals surface area (Å²) in [5.74, 6) is 13.2. The van der Waals surface area contributed by atoms with Gasteiger partial charge in [-0.1, -0.05) is 30.3 Å². The summed E-state index contributed by atoms with van der Waals surface area (Å²) in [5, 5.41) is 0. The van der Waals surface area contributed by atoms with Crippen LogP contribution in [0.15, 0.2) is 54.1 Å². The molecule has 0 N–H and O–H groups in total. The molecule has 4 nitrogen and oxygen atoms in total. The number of rotatable bonds is 7. The maximum atomic E-state index is 5.40. The summed E-state index contributed by atoms with van der Waals surface area (Å²) < 4.78 is 10.8. The molecule has 0 spiro atoms. The molecule has 0 atom stereocenters. The molecule has 0 radical (unpaired) electrons. The Morgan fingerprint density at radius 3 is 2.70 bits per heavy atom. The van der Waals surface area contributed by atoms with Gasteiger partial charge in [-0.2, -0.15) is 0 Å². The van der Waals surface area contributed by atoms with Crippen molar-refractivity contribution in [2.75, 3.05) is 13.2 Å². The first-order valence-corrected chi connectivity index (χ1v) is 7.24. The van der Waals surface area contributed by atoms with Gasteiger partial charge >= 0.3 is 0 Å². The van der Waals surface area contributed by atoms with E-state index in [-0.39, 0.29) is 0 Å². The van der Waals surface area contributed by atoms with Gasteiger partial charge in [0, 0.05) is 25.3 Å². The van der Waals surface area contributed by atoms with Crippen molar-refractivity contribution in [1.82, 2.24) is 4.98 Å². The third-order valence-electron chi connectivity index (χ3n) is 2.43. The minimum atomic E-state index is 0.314. The molecule has 0 saturated carbocycles. The summed E-state index contributed by atoms with van der Waals surface area (Å²) in [4.78, 5) is 7.91. The molecule has 1 heterocycles. The first kappa shape index (κ1) is 18.1. The van der Waals surface area contributed by atoms with Crippen LogP contribution in [-0.2, 0) is 4.74 Å². The summed E-state index contributed by atoms with van der Waals surface area (Å²) in [6, 6.07) is 3.67. The fourth-order valence-electron chi connectivity index (χ4n) is 1.37. The predicted molar refractivity (Wildman–Crippen MR) is 92.9 cm³/mol. The van der Waals surface area contributed by atoms with Gasteiger partial charge in [0.2, 0.25) is 0 Å². The van der Waals surface area contributed by atoms with Crippen LogP contribution in [0.5, 0.6) is 5.75 Å². The number of hydrogen-bond donors (Lipinski definition) is 0. The third-order valence-corrected chi connectivity index (χ3v) is 2.43. The quantitative estimate of drug-likeness (QED) is 0.255. The summed E-state index contributed by atoms with van der Waals surface area (Å²) in [6.07, 6.45) is 9.63. The van der Waals surface area contributed by atoms with E-state index >= 15 is 0 Å². The number of aromatic nitrogens is 1. The highest BCUT2D eigenvalue weighted by Crippen LogP contribution is 2.04. The molecule has 0 aliphatic rings. The van der Waals surface area contributed by atoms with E-state index in [0.717, 1.165) is 5.75 Å². The van der Waals surface area contributed by atoms with E-state index in [1.165, 1.54) is 0 Å². The average Bonchev–Trinajstić information content (AvgIpc) is 2.60. The molecule has 0 aliphatic carbocycles. The highest BCUT2D eigenvalue weighted by molar-refractivity contribution is 5.54. The van der Waals surface area contributed by atoms with E-state index in [2.05, 4.69) is 40.2 Å². The Labute approximate surface area is 138 Å². The van der Waals surface area contributed by atoms with Crippen LogP contribution in [0.1, 0.15) is 19.8 Å². The van der Waals surface area contributed by atoms with Gasteiger partial charge in [0.05, 0.1) is 12.4 Å². The lowest BCUT2D eigenvalue weighted by molar-refractivity contribution is 0.267. The van der Waals surface area contributed by atoms with Crippen molar-refractivity contribution in [2.45, 2.75) is 19.8 Å². The molecule has 1 aromatic rings. The fourth-order valence-corrected chi connectivity index (χ4v) is 1.37. The topological polar surface area (TPSA) is 43.7 Å². The number of nitrogens with zero attached hydrogens (tertiary/aromatic N) is 2. The number of aliphatic imine (C=N–C) groups is 1. The minimum absolute atomic E-state index is 0.314. The van der Waals surface area contributed by atoms with Gasteiger partial charge in [0.15, 0.2) is 0 Å². The SMILES string of the molecule is C=C/C(=C\N=CC)OCC#CCCC#CCOc1cccnc1. The Hall–Kier alpha value is -2.98. The Morgan fingerprint density at radius 1 is 1.26 bits per heavy atom. The number of hydrogen-bond acceptors (Lipinski definition) is 4. The minimum Gasteiger partial charge on any atom is -0.479 e. The second-order valence-electron chi connectivity index (χ2n) is 4.12. The lowest BCUT2D eigenvalue weighted by Gasteiger charge is -1.99. The molecule has 0 bridgehead atoms. The molecular weight excluding hydrogens is 288 g/mol. The zero-order valence-electron chi connectivity index (χ0n) is 13.3. The van der Waals surface area contributed by atoms with Gasteiger partial charge in [-0.05, 0) is 25.1 Å². The van der Waals surface area contributed by atoms with Crippen molar-refractivity contribution in [1.29, 1.82) is 0 Å². The zero-order chi connectivity index (χ0) is 16.6. The largest absolute Gasteiger partial charge is 0.479 e. The molecule has 0 saturated heterocycles. The van der Waals surface area contributed by atoms with Gasteiger partial charge in [0.25, 0.3) is 0 Å². The van der Waals surface area contributed by atoms with Gasteiger partial charge < -0.3 is 9.47 Å². The maximum absolute atomic E-state index is 5.40. The van der Waals surface area contributed by atoms with Gasteiger partial charge in [-0.3, -0.25) is 9.98 Å². The molecule has 23 heavy (non-hydrogen) atoms. The van der Waals surface area contributed by atoms with Crippen molar-refractivity contribution >= 4 is 6.21 Å². The monoisotopic (exact) mass is 308 g/mol. The van der Waals surface area contributed by atoms with Gasteiger partial charge in [0.1, 0.15) is 24.7 Å². The van der Waals surface area contributed by atoms with Crippen molar-refractivity contribution in [3.8, 4) is 29.4 Å². The van der Waals surface area contributed by atoms with E-state index in [0.29, 0.717) is 31.8 Å². The lowest BCUT2D eigenvalue weighted by atomic mass is 10.3. The summed E-state index contributed by atoms with van der Waals surface area (Å²) in [5.41, 5.74) is 0. The van der Waals surface area contributed by atoms with Crippen LogP contribution in [0.3, 0.4) is 0 Å². The van der Waals surface area contributed by atoms with Crippen molar-refractivity contribution in [2.24, 2.45) is 4.99 Å². The Bertz CT molecular complexity index is 641. The third kappa shape index (κ3) is 9.55. The lowest BCUT2D eigenvalue weighted by Crippen LogP contribution is -1.93. The molecule has 0 aromatic carbocycles. The van der Waals surface area contributed by atoms with Crippen LogP contribution in [0.4, 0.5) is 0 Å². The van der Waals surface area contributed by atoms with Crippen molar-refractivity contribution in [3.05, 3.63) is 49.1 Å². The number of allylic oxidation sites excluding steroid dienone is 1. The van der Waals surface area contributed by atoms with Crippen molar-refractivity contribution in [3.63, 3.8) is 0 Å². The van der Waals surface area contributed by atoms with Crippen LogP contribution in [0, 0.1) is 23.7 Å². The fraction of sp³-hybridized carbons (Fsp3) is 0.263. The van der Waals surface area contributed by atoms with E-state index in [9.17, 15) is 0 Å². The van der Waals surface area contributed by atoms with Gasteiger partial charge in [-0.15, -0.1) is 0 Å². The normalized spacial score (nSPS) is 10.2. The molecule has 0 aliphatic heterocycles. The van der Waals surface area contributed by atoms with Crippen LogP contribution in [-0.4, -0.2) is 24.4 Å². The molecule has 118 valence electrons. The van der Waals surface area contributed by atoms with E-state index in [1.54, 1.807) is 30.9 Å². The number of pyridine rings is 1. The van der Waals surface area contributed by atoms with E-state index in [1.807, 2.05) is 19.1 Å². The highest BCUT2D eigenvalue weighted by atomic mass is 16.5. The molecular formula is C19H20N2O2. The van der Waals surface area contributed by atoms with Crippen LogP contribution < -0.4 is 4.74 Å². The number of ether oxygens (including phenoxy) is 2. The van der Waals surface area contributed by atoms with E-state index < -0.39 is 0 Å². The predicted octanol–water partition coefficient (Wildman–Crippen LogP) is 3.38. The second-order valence-corrected chi connectivity index (χ2v) is 4.12. The van der Waals surface area contributed by atoms with E-state index in [4.69, 9.17) is 9.47 Å². The highest BCUT2D eigenvalue weighted by Gasteiger charge is 1.88. The second kappa shape index (κ2) is 12.7. The van der Waals surface area contributed by atoms with Crippen LogP contribution in [0.2, 0.25) is 0 Å². The first-order chi connectivity index (χ1) is 11.4.